The molecule has 0 bridgehead atoms. The minimum absolute atomic E-state index is 0.0494. The lowest BCUT2D eigenvalue weighted by Gasteiger charge is -2.25. The number of ether oxygens (including phenoxy) is 3. The van der Waals surface area contributed by atoms with Crippen LogP contribution in [0.25, 0.3) is 6.08 Å². The maximum absolute atomic E-state index is 12.2. The quantitative estimate of drug-likeness (QED) is 0.502. The van der Waals surface area contributed by atoms with Crippen LogP contribution < -0.4 is 19.5 Å². The predicted molar refractivity (Wildman–Crippen MR) is 87.6 cm³/mol. The first-order valence-electron chi connectivity index (χ1n) is 6.58. The van der Waals surface area contributed by atoms with Gasteiger partial charge < -0.3 is 14.2 Å². The van der Waals surface area contributed by atoms with E-state index in [4.69, 9.17) is 26.4 Å². The highest BCUT2D eigenvalue weighted by Crippen LogP contribution is 2.40. The zero-order chi connectivity index (χ0) is 17.1. The summed E-state index contributed by atoms with van der Waals surface area (Å²) >= 11 is 4.91. The third kappa shape index (κ3) is 2.98. The molecular formula is C15H16N2O5S. The van der Waals surface area contributed by atoms with Gasteiger partial charge in [0.05, 0.1) is 21.3 Å². The molecule has 1 aliphatic rings. The van der Waals surface area contributed by atoms with Gasteiger partial charge in [-0.25, -0.2) is 0 Å². The van der Waals surface area contributed by atoms with E-state index in [-0.39, 0.29) is 10.7 Å². The topological polar surface area (TPSA) is 77.1 Å². The molecule has 122 valence electrons. The fourth-order valence-corrected chi connectivity index (χ4v) is 2.31. The van der Waals surface area contributed by atoms with Gasteiger partial charge in [0, 0.05) is 12.6 Å². The van der Waals surface area contributed by atoms with Gasteiger partial charge in [-0.05, 0) is 30.4 Å². The fraction of sp³-hybridized carbons (Fsp3) is 0.267. The Hall–Kier alpha value is -2.61. The highest BCUT2D eigenvalue weighted by molar-refractivity contribution is 7.80. The number of methoxy groups -OCH3 is 3. The Balaban J connectivity index is 2.56. The van der Waals surface area contributed by atoms with Gasteiger partial charge in [-0.3, -0.25) is 19.8 Å². The van der Waals surface area contributed by atoms with Crippen molar-refractivity contribution < 1.29 is 23.8 Å². The smallest absolute Gasteiger partial charge is 0.265 e. The predicted octanol–water partition coefficient (Wildman–Crippen LogP) is 0.969. The van der Waals surface area contributed by atoms with Gasteiger partial charge in [0.2, 0.25) is 5.75 Å². The molecule has 1 aromatic carbocycles. The number of amides is 2. The second kappa shape index (κ2) is 6.66. The van der Waals surface area contributed by atoms with Crippen molar-refractivity contribution in [3.8, 4) is 17.2 Å². The maximum Gasteiger partial charge on any atom is 0.265 e. The third-order valence-corrected chi connectivity index (χ3v) is 3.72. The molecule has 1 heterocycles. The summed E-state index contributed by atoms with van der Waals surface area (Å²) in [4.78, 5) is 25.5. The van der Waals surface area contributed by atoms with Crippen molar-refractivity contribution in [1.29, 1.82) is 0 Å². The van der Waals surface area contributed by atoms with E-state index in [1.807, 2.05) is 0 Å². The number of carbonyl (C=O) groups is 2. The number of nitrogens with one attached hydrogen (secondary N) is 1. The molecule has 8 heteroatoms. The van der Waals surface area contributed by atoms with Crippen molar-refractivity contribution in [3.63, 3.8) is 0 Å². The summed E-state index contributed by atoms with van der Waals surface area (Å²) in [7, 11) is 5.93. The first-order chi connectivity index (χ1) is 10.9. The Labute approximate surface area is 138 Å². The third-order valence-electron chi connectivity index (χ3n) is 3.34. The van der Waals surface area contributed by atoms with Gasteiger partial charge in [-0.1, -0.05) is 0 Å². The SMILES string of the molecule is COc1ccc(/C=C2\C(=O)NC(=S)N(C)C2=O)c(OC)c1OC. The summed E-state index contributed by atoms with van der Waals surface area (Å²) in [5.74, 6) is 0.155. The molecule has 0 aromatic heterocycles. The fourth-order valence-electron chi connectivity index (χ4n) is 2.14. The van der Waals surface area contributed by atoms with Crippen LogP contribution in [0.1, 0.15) is 5.56 Å². The van der Waals surface area contributed by atoms with E-state index < -0.39 is 11.8 Å². The Morgan fingerprint density at radius 3 is 2.30 bits per heavy atom. The van der Waals surface area contributed by atoms with Crippen LogP contribution in [0.4, 0.5) is 0 Å². The van der Waals surface area contributed by atoms with Crippen molar-refractivity contribution in [2.45, 2.75) is 0 Å². The number of carbonyl (C=O) groups excluding carboxylic acids is 2. The summed E-state index contributed by atoms with van der Waals surface area (Å²) in [6, 6.07) is 3.33. The zero-order valence-electron chi connectivity index (χ0n) is 13.1. The number of nitrogens with zero attached hydrogens (tertiary/aromatic N) is 1. The Kier molecular flexibility index (Phi) is 4.85. The number of thiocarbonyl (C=S) groups is 1. The Bertz CT molecular complexity index is 714. The van der Waals surface area contributed by atoms with E-state index in [1.165, 1.54) is 39.4 Å². The average Bonchev–Trinajstić information content (AvgIpc) is 2.55. The molecule has 0 aliphatic carbocycles. The van der Waals surface area contributed by atoms with Crippen LogP contribution in [0.2, 0.25) is 0 Å². The molecule has 1 saturated heterocycles. The van der Waals surface area contributed by atoms with Gasteiger partial charge in [0.25, 0.3) is 11.8 Å². The van der Waals surface area contributed by atoms with Crippen LogP contribution in [0, 0.1) is 0 Å². The molecule has 1 aromatic rings. The minimum Gasteiger partial charge on any atom is -0.493 e. The summed E-state index contributed by atoms with van der Waals surface area (Å²) < 4.78 is 15.8. The summed E-state index contributed by atoms with van der Waals surface area (Å²) in [6.07, 6.45) is 1.43. The van der Waals surface area contributed by atoms with Crippen molar-refractivity contribution in [1.82, 2.24) is 10.2 Å². The molecule has 0 atom stereocenters. The lowest BCUT2D eigenvalue weighted by Crippen LogP contribution is -2.52. The van der Waals surface area contributed by atoms with Gasteiger partial charge in [0.15, 0.2) is 16.6 Å². The van der Waals surface area contributed by atoms with Crippen molar-refractivity contribution in [2.24, 2.45) is 0 Å². The van der Waals surface area contributed by atoms with E-state index >= 15 is 0 Å². The molecular weight excluding hydrogens is 320 g/mol. The normalized spacial score (nSPS) is 16.4. The van der Waals surface area contributed by atoms with E-state index in [2.05, 4.69) is 5.32 Å². The molecule has 23 heavy (non-hydrogen) atoms. The largest absolute Gasteiger partial charge is 0.493 e. The number of hydrogen-bond acceptors (Lipinski definition) is 6. The van der Waals surface area contributed by atoms with E-state index in [0.717, 1.165) is 0 Å². The van der Waals surface area contributed by atoms with Crippen molar-refractivity contribution >= 4 is 35.2 Å². The zero-order valence-corrected chi connectivity index (χ0v) is 13.9. The molecule has 1 fully saturated rings. The van der Waals surface area contributed by atoms with E-state index in [1.54, 1.807) is 12.1 Å². The number of benzene rings is 1. The molecule has 1 aliphatic heterocycles. The van der Waals surface area contributed by atoms with Gasteiger partial charge in [-0.15, -0.1) is 0 Å². The van der Waals surface area contributed by atoms with Crippen molar-refractivity contribution in [2.75, 3.05) is 28.4 Å². The maximum atomic E-state index is 12.2. The molecule has 1 N–H and O–H groups in total. The summed E-state index contributed by atoms with van der Waals surface area (Å²) in [6.45, 7) is 0. The Morgan fingerprint density at radius 2 is 1.74 bits per heavy atom. The van der Waals surface area contributed by atoms with Crippen LogP contribution in [0.5, 0.6) is 17.2 Å². The second-order valence-corrected chi connectivity index (χ2v) is 4.99. The van der Waals surface area contributed by atoms with Crippen LogP contribution in [-0.2, 0) is 9.59 Å². The highest BCUT2D eigenvalue weighted by Gasteiger charge is 2.31. The summed E-state index contributed by atoms with van der Waals surface area (Å²) in [5.41, 5.74) is 0.455. The second-order valence-electron chi connectivity index (χ2n) is 4.61. The van der Waals surface area contributed by atoms with Crippen LogP contribution in [0.15, 0.2) is 17.7 Å². The molecule has 2 amide bonds. The molecule has 7 nitrogen and oxygen atoms in total. The van der Waals surface area contributed by atoms with Crippen LogP contribution in [0.3, 0.4) is 0 Å². The van der Waals surface area contributed by atoms with E-state index in [9.17, 15) is 9.59 Å². The molecule has 0 unspecified atom stereocenters. The molecule has 0 saturated carbocycles. The number of rotatable bonds is 4. The van der Waals surface area contributed by atoms with Crippen molar-refractivity contribution in [3.05, 3.63) is 23.3 Å². The lowest BCUT2D eigenvalue weighted by molar-refractivity contribution is -0.128. The monoisotopic (exact) mass is 336 g/mol. The van der Waals surface area contributed by atoms with Crippen LogP contribution in [-0.4, -0.2) is 50.2 Å². The van der Waals surface area contributed by atoms with Crippen LogP contribution >= 0.6 is 12.2 Å². The highest BCUT2D eigenvalue weighted by atomic mass is 32.1. The number of hydrogen-bond donors (Lipinski definition) is 1. The minimum atomic E-state index is -0.560. The lowest BCUT2D eigenvalue weighted by atomic mass is 10.1. The molecule has 2 rings (SSSR count). The van der Waals surface area contributed by atoms with E-state index in [0.29, 0.717) is 22.8 Å². The average molecular weight is 336 g/mol. The van der Waals surface area contributed by atoms with Gasteiger partial charge >= 0.3 is 0 Å². The standard InChI is InChI=1S/C15H16N2O5S/c1-17-14(19)9(13(18)16-15(17)23)7-8-5-6-10(20-2)12(22-4)11(8)21-3/h5-7H,1-4H3,(H,16,18,23)/b9-7+. The first-order valence-corrected chi connectivity index (χ1v) is 6.99. The Morgan fingerprint density at radius 1 is 1.09 bits per heavy atom. The number of likely N-dealkylation sites (N-methyl/N-ethyl adjacent to an activating group) is 1. The van der Waals surface area contributed by atoms with Gasteiger partial charge in [-0.2, -0.15) is 0 Å². The first kappa shape index (κ1) is 16.8. The summed E-state index contributed by atoms with van der Waals surface area (Å²) in [5, 5.41) is 2.52. The molecule has 0 spiro atoms. The molecule has 0 radical (unpaired) electrons. The van der Waals surface area contributed by atoms with Gasteiger partial charge in [0.1, 0.15) is 5.57 Å².